The molecule has 0 unspecified atom stereocenters. The summed E-state index contributed by atoms with van der Waals surface area (Å²) in [4.78, 5) is 33.7. The fourth-order valence-electron chi connectivity index (χ4n) is 4.26. The van der Waals surface area contributed by atoms with Crippen LogP contribution in [0.3, 0.4) is 0 Å². The molecule has 5 rings (SSSR count). The molecule has 0 radical (unpaired) electrons. The summed E-state index contributed by atoms with van der Waals surface area (Å²) in [5.74, 6) is 0.105. The smallest absolute Gasteiger partial charge is 0.274 e. The molecule has 0 aliphatic heterocycles. The second-order valence-electron chi connectivity index (χ2n) is 8.45. The number of amides is 2. The molecule has 4 aromatic rings. The fourth-order valence-corrected chi connectivity index (χ4v) is 5.18. The van der Waals surface area contributed by atoms with Crippen molar-refractivity contribution >= 4 is 34.1 Å². The van der Waals surface area contributed by atoms with Gasteiger partial charge >= 0.3 is 0 Å². The second kappa shape index (κ2) is 8.83. The molecular formula is C26H25N3O3S. The molecule has 0 bridgehead atoms. The number of hydrogen-bond donors (Lipinski definition) is 1. The fraction of sp³-hybridized carbons (Fsp3) is 0.269. The van der Waals surface area contributed by atoms with E-state index in [9.17, 15) is 9.59 Å². The van der Waals surface area contributed by atoms with E-state index in [1.165, 1.54) is 11.3 Å². The van der Waals surface area contributed by atoms with Gasteiger partial charge in [-0.3, -0.25) is 9.59 Å². The molecule has 168 valence electrons. The van der Waals surface area contributed by atoms with Gasteiger partial charge in [0.05, 0.1) is 27.8 Å². The van der Waals surface area contributed by atoms with Crippen molar-refractivity contribution < 1.29 is 14.0 Å². The van der Waals surface area contributed by atoms with Gasteiger partial charge in [-0.25, -0.2) is 4.98 Å². The Morgan fingerprint density at radius 3 is 2.70 bits per heavy atom. The van der Waals surface area contributed by atoms with Gasteiger partial charge in [0.2, 0.25) is 0 Å². The molecule has 6 nitrogen and oxygen atoms in total. The van der Waals surface area contributed by atoms with E-state index in [1.54, 1.807) is 23.3 Å². The number of likely N-dealkylation sites (N-methyl/N-ethyl adjacent to an activating group) is 1. The number of rotatable bonds is 7. The zero-order valence-corrected chi connectivity index (χ0v) is 19.4. The number of nitrogens with one attached hydrogen (secondary N) is 1. The summed E-state index contributed by atoms with van der Waals surface area (Å²) in [6, 6.07) is 17.0. The molecule has 1 aliphatic carbocycles. The molecule has 1 aliphatic rings. The quantitative estimate of drug-likeness (QED) is 0.415. The standard InChI is InChI=1S/C26H25N3O3S/c1-16-28-23(24(33-16)18-7-4-3-5-8-18)26(31)29(2)21(17-11-12-17)15-27-25(30)20-9-6-10-22-19(20)13-14-32-22/h3-10,13-14,17,21H,11-12,15H2,1-2H3,(H,27,30)/t21-/m0/s1. The third-order valence-corrected chi connectivity index (χ3v) is 7.19. The van der Waals surface area contributed by atoms with Crippen LogP contribution in [0.5, 0.6) is 0 Å². The summed E-state index contributed by atoms with van der Waals surface area (Å²) in [5, 5.41) is 4.69. The Morgan fingerprint density at radius 2 is 1.94 bits per heavy atom. The second-order valence-corrected chi connectivity index (χ2v) is 9.65. The summed E-state index contributed by atoms with van der Waals surface area (Å²) in [6.45, 7) is 2.31. The lowest BCUT2D eigenvalue weighted by atomic mass is 10.1. The van der Waals surface area contributed by atoms with Crippen LogP contribution in [-0.4, -0.2) is 41.3 Å². The zero-order valence-electron chi connectivity index (χ0n) is 18.6. The average Bonchev–Trinajstić information content (AvgIpc) is 3.41. The highest BCUT2D eigenvalue weighted by Gasteiger charge is 2.37. The minimum Gasteiger partial charge on any atom is -0.464 e. The number of nitrogens with zero attached hydrogens (tertiary/aromatic N) is 2. The Labute approximate surface area is 196 Å². The van der Waals surface area contributed by atoms with E-state index in [2.05, 4.69) is 10.3 Å². The van der Waals surface area contributed by atoms with Crippen molar-refractivity contribution in [3.8, 4) is 10.4 Å². The molecule has 2 heterocycles. The largest absolute Gasteiger partial charge is 0.464 e. The van der Waals surface area contributed by atoms with Crippen LogP contribution < -0.4 is 5.32 Å². The van der Waals surface area contributed by atoms with E-state index in [0.717, 1.165) is 33.7 Å². The van der Waals surface area contributed by atoms with E-state index in [1.807, 2.05) is 56.4 Å². The van der Waals surface area contributed by atoms with Crippen LogP contribution in [0, 0.1) is 12.8 Å². The summed E-state index contributed by atoms with van der Waals surface area (Å²) < 4.78 is 5.41. The predicted octanol–water partition coefficient (Wildman–Crippen LogP) is 5.15. The summed E-state index contributed by atoms with van der Waals surface area (Å²) in [5.41, 5.74) is 2.72. The number of carbonyl (C=O) groups is 2. The van der Waals surface area contributed by atoms with Gasteiger partial charge in [-0.15, -0.1) is 11.3 Å². The number of fused-ring (bicyclic) bond motifs is 1. The van der Waals surface area contributed by atoms with Gasteiger partial charge in [0.25, 0.3) is 11.8 Å². The number of thiazole rings is 1. The van der Waals surface area contributed by atoms with E-state index in [-0.39, 0.29) is 17.9 Å². The highest BCUT2D eigenvalue weighted by molar-refractivity contribution is 7.15. The van der Waals surface area contributed by atoms with Crippen molar-refractivity contribution in [2.24, 2.45) is 5.92 Å². The zero-order chi connectivity index (χ0) is 22.9. The van der Waals surface area contributed by atoms with Crippen molar-refractivity contribution in [3.05, 3.63) is 77.1 Å². The van der Waals surface area contributed by atoms with Crippen LogP contribution in [0.15, 0.2) is 65.3 Å². The third-order valence-electron chi connectivity index (χ3n) is 6.17. The molecule has 33 heavy (non-hydrogen) atoms. The van der Waals surface area contributed by atoms with Crippen LogP contribution in [0.4, 0.5) is 0 Å². The van der Waals surface area contributed by atoms with Gasteiger partial charge < -0.3 is 14.6 Å². The molecule has 1 N–H and O–H groups in total. The predicted molar refractivity (Wildman–Crippen MR) is 129 cm³/mol. The number of benzene rings is 2. The van der Waals surface area contributed by atoms with Crippen LogP contribution >= 0.6 is 11.3 Å². The molecule has 0 spiro atoms. The Kier molecular flexibility index (Phi) is 5.72. The minimum atomic E-state index is -0.164. The van der Waals surface area contributed by atoms with Crippen molar-refractivity contribution in [2.75, 3.05) is 13.6 Å². The monoisotopic (exact) mass is 459 g/mol. The van der Waals surface area contributed by atoms with E-state index in [4.69, 9.17) is 4.42 Å². The molecule has 7 heteroatoms. The molecule has 2 aromatic heterocycles. The number of furan rings is 1. The normalized spacial score (nSPS) is 14.2. The SMILES string of the molecule is Cc1nc(C(=O)N(C)[C@@H](CNC(=O)c2cccc3occc23)C2CC2)c(-c2ccccc2)s1. The van der Waals surface area contributed by atoms with Crippen molar-refractivity contribution in [1.29, 1.82) is 0 Å². The van der Waals surface area contributed by atoms with Crippen LogP contribution in [0.2, 0.25) is 0 Å². The van der Waals surface area contributed by atoms with Crippen molar-refractivity contribution in [3.63, 3.8) is 0 Å². The summed E-state index contributed by atoms with van der Waals surface area (Å²) in [7, 11) is 1.82. The number of hydrogen-bond acceptors (Lipinski definition) is 5. The molecule has 2 amide bonds. The molecule has 2 aromatic carbocycles. The Hall–Kier alpha value is -3.45. The maximum Gasteiger partial charge on any atom is 0.274 e. The third kappa shape index (κ3) is 4.28. The first-order chi connectivity index (χ1) is 16.0. The van der Waals surface area contributed by atoms with E-state index in [0.29, 0.717) is 29.3 Å². The van der Waals surface area contributed by atoms with Gasteiger partial charge in [0.1, 0.15) is 11.3 Å². The first-order valence-corrected chi connectivity index (χ1v) is 11.9. The average molecular weight is 460 g/mol. The van der Waals surface area contributed by atoms with E-state index < -0.39 is 0 Å². The lowest BCUT2D eigenvalue weighted by molar-refractivity contribution is 0.0695. The van der Waals surface area contributed by atoms with Gasteiger partial charge in [0, 0.05) is 19.0 Å². The topological polar surface area (TPSA) is 75.4 Å². The summed E-state index contributed by atoms with van der Waals surface area (Å²) >= 11 is 1.53. The maximum absolute atomic E-state index is 13.5. The number of aryl methyl sites for hydroxylation is 1. The minimum absolute atomic E-state index is 0.0874. The van der Waals surface area contributed by atoms with Crippen LogP contribution in [0.25, 0.3) is 21.4 Å². The Bertz CT molecular complexity index is 1310. The highest BCUT2D eigenvalue weighted by Crippen LogP contribution is 2.37. The van der Waals surface area contributed by atoms with Gasteiger partial charge in [-0.1, -0.05) is 36.4 Å². The van der Waals surface area contributed by atoms with Crippen LogP contribution in [-0.2, 0) is 0 Å². The summed E-state index contributed by atoms with van der Waals surface area (Å²) in [6.07, 6.45) is 3.69. The molecule has 0 saturated heterocycles. The molecule has 1 saturated carbocycles. The van der Waals surface area contributed by atoms with Crippen molar-refractivity contribution in [1.82, 2.24) is 15.2 Å². The first kappa shape index (κ1) is 21.4. The molecule has 1 atom stereocenters. The van der Waals surface area contributed by atoms with Gasteiger partial charge in [-0.2, -0.15) is 0 Å². The Morgan fingerprint density at radius 1 is 1.15 bits per heavy atom. The van der Waals surface area contributed by atoms with Crippen molar-refractivity contribution in [2.45, 2.75) is 25.8 Å². The highest BCUT2D eigenvalue weighted by atomic mass is 32.1. The molecule has 1 fully saturated rings. The lowest BCUT2D eigenvalue weighted by Crippen LogP contribution is -2.46. The maximum atomic E-state index is 13.5. The number of aromatic nitrogens is 1. The van der Waals surface area contributed by atoms with E-state index >= 15 is 0 Å². The number of carbonyl (C=O) groups excluding carboxylic acids is 2. The van der Waals surface area contributed by atoms with Crippen LogP contribution in [0.1, 0.15) is 38.7 Å². The lowest BCUT2D eigenvalue weighted by Gasteiger charge is -2.28. The van der Waals surface area contributed by atoms with Gasteiger partial charge in [0.15, 0.2) is 0 Å². The Balaban J connectivity index is 1.35. The molecular weight excluding hydrogens is 434 g/mol. The first-order valence-electron chi connectivity index (χ1n) is 11.1. The van der Waals surface area contributed by atoms with Gasteiger partial charge in [-0.05, 0) is 49.4 Å².